The number of nitrogens with zero attached hydrogens (tertiary/aromatic N) is 1. The monoisotopic (exact) mass is 356 g/mol. The van der Waals surface area contributed by atoms with Crippen molar-refractivity contribution in [2.24, 2.45) is 0 Å². The summed E-state index contributed by atoms with van der Waals surface area (Å²) >= 11 is 0. The highest BCUT2D eigenvalue weighted by molar-refractivity contribution is 5.90. The smallest absolute Gasteiger partial charge is 0.328 e. The molecule has 4 rings (SSSR count). The average molecular weight is 356 g/mol. The third kappa shape index (κ3) is 3.09. The second kappa shape index (κ2) is 7.11. The van der Waals surface area contributed by atoms with E-state index >= 15 is 0 Å². The highest BCUT2D eigenvalue weighted by Gasteiger charge is 2.38. The third-order valence-corrected chi connectivity index (χ3v) is 5.76. The Kier molecular flexibility index (Phi) is 4.68. The summed E-state index contributed by atoms with van der Waals surface area (Å²) in [6, 6.07) is 7.55. The number of esters is 1. The van der Waals surface area contributed by atoms with Crippen molar-refractivity contribution in [3.8, 4) is 0 Å². The molecule has 1 aromatic heterocycles. The van der Waals surface area contributed by atoms with E-state index in [9.17, 15) is 9.59 Å². The van der Waals surface area contributed by atoms with E-state index in [4.69, 9.17) is 4.74 Å². The van der Waals surface area contributed by atoms with Crippen LogP contribution in [0.5, 0.6) is 0 Å². The van der Waals surface area contributed by atoms with Gasteiger partial charge in [0.15, 0.2) is 6.54 Å². The summed E-state index contributed by atoms with van der Waals surface area (Å²) in [5.41, 5.74) is 3.22. The van der Waals surface area contributed by atoms with E-state index in [0.717, 1.165) is 35.2 Å². The predicted molar refractivity (Wildman–Crippen MR) is 97.8 cm³/mol. The van der Waals surface area contributed by atoms with Gasteiger partial charge in [-0.1, -0.05) is 18.2 Å². The lowest BCUT2D eigenvalue weighted by atomic mass is 9.96. The zero-order valence-corrected chi connectivity index (χ0v) is 15.2. The van der Waals surface area contributed by atoms with Crippen molar-refractivity contribution in [2.75, 3.05) is 26.7 Å². The molecule has 26 heavy (non-hydrogen) atoms. The van der Waals surface area contributed by atoms with Crippen LogP contribution in [0.1, 0.15) is 30.5 Å². The van der Waals surface area contributed by atoms with Crippen molar-refractivity contribution in [1.29, 1.82) is 0 Å². The van der Waals surface area contributed by atoms with E-state index in [1.165, 1.54) is 31.3 Å². The summed E-state index contributed by atoms with van der Waals surface area (Å²) in [5, 5.41) is 1.13. The molecule has 6 heteroatoms. The van der Waals surface area contributed by atoms with Crippen molar-refractivity contribution in [3.05, 3.63) is 35.5 Å². The SMILES string of the molecule is COC(=O)[C@@H]1Cc2c([nH]c3ccccc23)CN1C(=O)C[NH+]1CCCCC1. The number of nitrogens with one attached hydrogen (secondary N) is 2. The number of ether oxygens (including phenoxy) is 1. The molecule has 2 aliphatic heterocycles. The molecule has 2 aromatic rings. The number of quaternary nitrogens is 1. The second-order valence-electron chi connectivity index (χ2n) is 7.38. The van der Waals surface area contributed by atoms with Crippen LogP contribution in [0.2, 0.25) is 0 Å². The lowest BCUT2D eigenvalue weighted by Crippen LogP contribution is -3.14. The molecule has 0 saturated carbocycles. The highest BCUT2D eigenvalue weighted by atomic mass is 16.5. The van der Waals surface area contributed by atoms with Crippen molar-refractivity contribution in [2.45, 2.75) is 38.3 Å². The molecule has 0 bridgehead atoms. The molecular weight excluding hydrogens is 330 g/mol. The molecule has 6 nitrogen and oxygen atoms in total. The summed E-state index contributed by atoms with van der Waals surface area (Å²) in [6.07, 6.45) is 4.11. The Labute approximate surface area is 153 Å². The third-order valence-electron chi connectivity index (χ3n) is 5.76. The largest absolute Gasteiger partial charge is 0.467 e. The van der Waals surface area contributed by atoms with Gasteiger partial charge in [0.05, 0.1) is 26.7 Å². The minimum Gasteiger partial charge on any atom is -0.467 e. The number of carbonyl (C=O) groups is 2. The van der Waals surface area contributed by atoms with E-state index in [0.29, 0.717) is 19.5 Å². The Morgan fingerprint density at radius 3 is 2.77 bits per heavy atom. The van der Waals surface area contributed by atoms with Crippen molar-refractivity contribution < 1.29 is 19.2 Å². The number of piperidine rings is 1. The van der Waals surface area contributed by atoms with Crippen LogP contribution in [0, 0.1) is 0 Å². The maximum atomic E-state index is 13.0. The van der Waals surface area contributed by atoms with Gasteiger partial charge in [-0.15, -0.1) is 0 Å². The van der Waals surface area contributed by atoms with Crippen LogP contribution < -0.4 is 4.90 Å². The summed E-state index contributed by atoms with van der Waals surface area (Å²) in [7, 11) is 1.39. The second-order valence-corrected chi connectivity index (χ2v) is 7.38. The van der Waals surface area contributed by atoms with Crippen molar-refractivity contribution in [3.63, 3.8) is 0 Å². The van der Waals surface area contributed by atoms with Crippen molar-refractivity contribution in [1.82, 2.24) is 9.88 Å². The first-order valence-corrected chi connectivity index (χ1v) is 9.46. The molecule has 2 N–H and O–H groups in total. The molecule has 1 aromatic carbocycles. The number of fused-ring (bicyclic) bond motifs is 3. The van der Waals surface area contributed by atoms with E-state index < -0.39 is 6.04 Å². The average Bonchev–Trinajstić information content (AvgIpc) is 3.04. The van der Waals surface area contributed by atoms with Crippen LogP contribution >= 0.6 is 0 Å². The molecule has 3 heterocycles. The summed E-state index contributed by atoms with van der Waals surface area (Å²) in [4.78, 5) is 31.9. The van der Waals surface area contributed by atoms with E-state index in [2.05, 4.69) is 11.1 Å². The number of hydrogen-bond acceptors (Lipinski definition) is 3. The number of benzene rings is 1. The van der Waals surface area contributed by atoms with Crippen LogP contribution in [-0.4, -0.2) is 54.5 Å². The zero-order valence-electron chi connectivity index (χ0n) is 15.2. The molecule has 0 aliphatic carbocycles. The van der Waals surface area contributed by atoms with Crippen LogP contribution in [0.15, 0.2) is 24.3 Å². The maximum Gasteiger partial charge on any atom is 0.328 e. The number of methoxy groups -OCH3 is 1. The molecule has 0 unspecified atom stereocenters. The number of carbonyl (C=O) groups excluding carboxylic acids is 2. The van der Waals surface area contributed by atoms with Gasteiger partial charge in [0.25, 0.3) is 5.91 Å². The van der Waals surface area contributed by atoms with Crippen LogP contribution in [-0.2, 0) is 27.3 Å². The van der Waals surface area contributed by atoms with Gasteiger partial charge in [-0.3, -0.25) is 4.79 Å². The fraction of sp³-hybridized carbons (Fsp3) is 0.500. The van der Waals surface area contributed by atoms with Crippen LogP contribution in [0.4, 0.5) is 0 Å². The van der Waals surface area contributed by atoms with Crippen molar-refractivity contribution >= 4 is 22.8 Å². The van der Waals surface area contributed by atoms with Gasteiger partial charge in [0, 0.05) is 23.0 Å². The molecule has 0 radical (unpaired) electrons. The van der Waals surface area contributed by atoms with Crippen LogP contribution in [0.25, 0.3) is 10.9 Å². The lowest BCUT2D eigenvalue weighted by Gasteiger charge is -2.35. The number of likely N-dealkylation sites (tertiary alicyclic amines) is 1. The molecule has 138 valence electrons. The van der Waals surface area contributed by atoms with Gasteiger partial charge in [-0.2, -0.15) is 0 Å². The fourth-order valence-electron chi connectivity index (χ4n) is 4.36. The first kappa shape index (κ1) is 17.1. The number of hydrogen-bond donors (Lipinski definition) is 2. The number of H-pyrrole nitrogens is 1. The van der Waals surface area contributed by atoms with Gasteiger partial charge in [-0.05, 0) is 30.9 Å². The summed E-state index contributed by atoms with van der Waals surface area (Å²) in [5.74, 6) is -0.287. The number of aromatic nitrogens is 1. The normalized spacial score (nSPS) is 20.8. The Morgan fingerprint density at radius 2 is 2.00 bits per heavy atom. The van der Waals surface area contributed by atoms with Gasteiger partial charge in [0.2, 0.25) is 0 Å². The quantitative estimate of drug-likeness (QED) is 0.794. The fourth-order valence-corrected chi connectivity index (χ4v) is 4.36. The van der Waals surface area contributed by atoms with E-state index in [1.807, 2.05) is 18.2 Å². The highest BCUT2D eigenvalue weighted by Crippen LogP contribution is 2.30. The number of amides is 1. The minimum atomic E-state index is -0.539. The zero-order chi connectivity index (χ0) is 18.1. The van der Waals surface area contributed by atoms with Gasteiger partial charge in [-0.25, -0.2) is 4.79 Å². The summed E-state index contributed by atoms with van der Waals surface area (Å²) < 4.78 is 5.01. The first-order chi connectivity index (χ1) is 12.7. The standard InChI is InChI=1S/C20H25N3O3/c1-26-20(25)18-11-15-14-7-3-4-8-16(14)21-17(15)12-23(18)19(24)13-22-9-5-2-6-10-22/h3-4,7-8,18,21H,2,5-6,9-13H2,1H3/p+1/t18-/m0/s1. The Bertz CT molecular complexity index is 823. The number of rotatable bonds is 3. The minimum absolute atomic E-state index is 0.0432. The van der Waals surface area contributed by atoms with Gasteiger partial charge in [0.1, 0.15) is 6.04 Å². The topological polar surface area (TPSA) is 66.8 Å². The molecule has 1 saturated heterocycles. The Balaban J connectivity index is 1.61. The van der Waals surface area contributed by atoms with Crippen LogP contribution in [0.3, 0.4) is 0 Å². The lowest BCUT2D eigenvalue weighted by molar-refractivity contribution is -0.897. The molecule has 0 spiro atoms. The number of para-hydroxylation sites is 1. The Morgan fingerprint density at radius 1 is 1.23 bits per heavy atom. The number of aromatic amines is 1. The maximum absolute atomic E-state index is 13.0. The molecule has 2 aliphatic rings. The van der Waals surface area contributed by atoms with E-state index in [-0.39, 0.29) is 11.9 Å². The van der Waals surface area contributed by atoms with E-state index in [1.54, 1.807) is 4.90 Å². The molecule has 1 fully saturated rings. The molecule has 1 amide bonds. The van der Waals surface area contributed by atoms with Gasteiger partial charge < -0.3 is 19.5 Å². The first-order valence-electron chi connectivity index (χ1n) is 9.46. The predicted octanol–water partition coefficient (Wildman–Crippen LogP) is 0.663. The molecule has 1 atom stereocenters. The Hall–Kier alpha value is -2.34. The summed E-state index contributed by atoms with van der Waals surface area (Å²) in [6.45, 7) is 2.99. The molecular formula is C20H26N3O3+. The van der Waals surface area contributed by atoms with Gasteiger partial charge >= 0.3 is 5.97 Å².